The average molecular weight is 229 g/mol. The normalized spacial score (nSPS) is 23.6. The largest absolute Gasteiger partial charge is 0.368 e. The second-order valence-corrected chi connectivity index (χ2v) is 4.61. The molecule has 0 saturated heterocycles. The number of primary amides is 1. The lowest BCUT2D eigenvalue weighted by Gasteiger charge is -2.27. The van der Waals surface area contributed by atoms with Gasteiger partial charge in [-0.15, -0.1) is 0 Å². The Morgan fingerprint density at radius 2 is 2.18 bits per heavy atom. The van der Waals surface area contributed by atoms with Crippen LogP contribution in [0.3, 0.4) is 0 Å². The van der Waals surface area contributed by atoms with Crippen molar-refractivity contribution in [2.75, 3.05) is 0 Å². The third-order valence-electron chi connectivity index (χ3n) is 3.48. The van der Waals surface area contributed by atoms with Gasteiger partial charge in [-0.2, -0.15) is 0 Å². The zero-order valence-electron chi connectivity index (χ0n) is 9.66. The molecule has 17 heavy (non-hydrogen) atoms. The van der Waals surface area contributed by atoms with Gasteiger partial charge in [0.2, 0.25) is 5.91 Å². The van der Waals surface area contributed by atoms with Crippen LogP contribution in [0, 0.1) is 0 Å². The van der Waals surface area contributed by atoms with Crippen molar-refractivity contribution in [3.63, 3.8) is 0 Å². The van der Waals surface area contributed by atoms with Gasteiger partial charge in [0.05, 0.1) is 6.04 Å². The molecule has 0 aliphatic carbocycles. The summed E-state index contributed by atoms with van der Waals surface area (Å²) in [4.78, 5) is 14.7. The fraction of sp³-hybridized carbons (Fsp3) is 0.308. The molecule has 2 heterocycles. The van der Waals surface area contributed by atoms with Gasteiger partial charge >= 0.3 is 0 Å². The zero-order valence-corrected chi connectivity index (χ0v) is 9.66. The Morgan fingerprint density at radius 1 is 1.41 bits per heavy atom. The van der Waals surface area contributed by atoms with E-state index in [4.69, 9.17) is 5.73 Å². The molecule has 0 spiro atoms. The van der Waals surface area contributed by atoms with Crippen molar-refractivity contribution < 1.29 is 4.79 Å². The molecule has 0 radical (unpaired) electrons. The van der Waals surface area contributed by atoms with E-state index in [2.05, 4.69) is 22.4 Å². The van der Waals surface area contributed by atoms with Gasteiger partial charge in [0.25, 0.3) is 0 Å². The highest BCUT2D eigenvalue weighted by molar-refractivity contribution is 5.87. The van der Waals surface area contributed by atoms with E-state index >= 15 is 0 Å². The number of H-pyrrole nitrogens is 1. The molecule has 0 fully saturated rings. The first-order valence-electron chi connectivity index (χ1n) is 5.81. The summed E-state index contributed by atoms with van der Waals surface area (Å²) in [5.41, 5.74) is 8.90. The summed E-state index contributed by atoms with van der Waals surface area (Å²) >= 11 is 0. The number of nitrogens with two attached hydrogens (primary N) is 1. The summed E-state index contributed by atoms with van der Waals surface area (Å²) in [5, 5.41) is 4.42. The SMILES string of the molecule is CC1NC(C(N)=O)Cc2c1[nH]c1ccccc21. The first kappa shape index (κ1) is 10.4. The van der Waals surface area contributed by atoms with Crippen molar-refractivity contribution in [1.29, 1.82) is 0 Å². The molecule has 2 unspecified atom stereocenters. The van der Waals surface area contributed by atoms with Gasteiger partial charge in [-0.25, -0.2) is 0 Å². The number of nitrogens with one attached hydrogen (secondary N) is 2. The summed E-state index contributed by atoms with van der Waals surface area (Å²) in [7, 11) is 0. The minimum absolute atomic E-state index is 0.128. The van der Waals surface area contributed by atoms with Gasteiger partial charge in [0.15, 0.2) is 0 Å². The van der Waals surface area contributed by atoms with E-state index in [1.54, 1.807) is 0 Å². The molecule has 4 N–H and O–H groups in total. The molecule has 1 aromatic carbocycles. The number of hydrogen-bond donors (Lipinski definition) is 3. The highest BCUT2D eigenvalue weighted by Gasteiger charge is 2.29. The molecule has 88 valence electrons. The van der Waals surface area contributed by atoms with Crippen molar-refractivity contribution >= 4 is 16.8 Å². The third kappa shape index (κ3) is 1.52. The Bertz CT molecular complexity index is 587. The minimum atomic E-state index is -0.284. The Labute approximate surface area is 99.2 Å². The number of carbonyl (C=O) groups excluding carboxylic acids is 1. The molecule has 4 heteroatoms. The van der Waals surface area contributed by atoms with Crippen LogP contribution < -0.4 is 11.1 Å². The number of hydrogen-bond acceptors (Lipinski definition) is 2. The second-order valence-electron chi connectivity index (χ2n) is 4.61. The van der Waals surface area contributed by atoms with Crippen LogP contribution in [0.5, 0.6) is 0 Å². The molecule has 2 aromatic rings. The van der Waals surface area contributed by atoms with E-state index in [0.717, 1.165) is 5.52 Å². The molecule has 2 atom stereocenters. The van der Waals surface area contributed by atoms with E-state index in [-0.39, 0.29) is 18.0 Å². The molecular formula is C13H15N3O. The fourth-order valence-electron chi connectivity index (χ4n) is 2.64. The van der Waals surface area contributed by atoms with Gasteiger partial charge < -0.3 is 10.7 Å². The van der Waals surface area contributed by atoms with Crippen LogP contribution in [0.15, 0.2) is 24.3 Å². The zero-order chi connectivity index (χ0) is 12.0. The summed E-state index contributed by atoms with van der Waals surface area (Å²) < 4.78 is 0. The Balaban J connectivity index is 2.16. The molecular weight excluding hydrogens is 214 g/mol. The number of fused-ring (bicyclic) bond motifs is 3. The van der Waals surface area contributed by atoms with Crippen molar-refractivity contribution in [2.24, 2.45) is 5.73 Å². The van der Waals surface area contributed by atoms with Crippen LogP contribution in [0.1, 0.15) is 24.2 Å². The highest BCUT2D eigenvalue weighted by atomic mass is 16.1. The van der Waals surface area contributed by atoms with Gasteiger partial charge in [0, 0.05) is 22.6 Å². The lowest BCUT2D eigenvalue weighted by molar-refractivity contribution is -0.120. The monoisotopic (exact) mass is 229 g/mol. The van der Waals surface area contributed by atoms with Crippen molar-refractivity contribution in [3.8, 4) is 0 Å². The molecule has 1 aliphatic rings. The van der Waals surface area contributed by atoms with Crippen molar-refractivity contribution in [3.05, 3.63) is 35.5 Å². The molecule has 0 saturated carbocycles. The number of para-hydroxylation sites is 1. The molecule has 1 aliphatic heterocycles. The van der Waals surface area contributed by atoms with E-state index < -0.39 is 0 Å². The molecule has 1 amide bonds. The smallest absolute Gasteiger partial charge is 0.234 e. The average Bonchev–Trinajstić information content (AvgIpc) is 2.68. The van der Waals surface area contributed by atoms with Gasteiger partial charge in [-0.05, 0) is 25.0 Å². The van der Waals surface area contributed by atoms with E-state index in [0.29, 0.717) is 6.42 Å². The van der Waals surface area contributed by atoms with Crippen LogP contribution in [-0.4, -0.2) is 16.9 Å². The van der Waals surface area contributed by atoms with Gasteiger partial charge in [-0.1, -0.05) is 18.2 Å². The number of benzene rings is 1. The quantitative estimate of drug-likeness (QED) is 0.688. The Hall–Kier alpha value is -1.81. The number of aromatic nitrogens is 1. The fourth-order valence-corrected chi connectivity index (χ4v) is 2.64. The lowest BCUT2D eigenvalue weighted by Crippen LogP contribution is -2.46. The summed E-state index contributed by atoms with van der Waals surface area (Å²) in [5.74, 6) is -0.284. The van der Waals surface area contributed by atoms with Crippen LogP contribution in [-0.2, 0) is 11.2 Å². The Kier molecular flexibility index (Phi) is 2.19. The van der Waals surface area contributed by atoms with Crippen molar-refractivity contribution in [1.82, 2.24) is 10.3 Å². The highest BCUT2D eigenvalue weighted by Crippen LogP contribution is 2.31. The number of carbonyl (C=O) groups is 1. The topological polar surface area (TPSA) is 70.9 Å². The lowest BCUT2D eigenvalue weighted by atomic mass is 9.94. The molecule has 3 rings (SSSR count). The van der Waals surface area contributed by atoms with Crippen LogP contribution in [0.2, 0.25) is 0 Å². The van der Waals surface area contributed by atoms with E-state index in [1.807, 2.05) is 19.1 Å². The number of aromatic amines is 1. The maximum Gasteiger partial charge on any atom is 0.234 e. The second kappa shape index (κ2) is 3.60. The maximum absolute atomic E-state index is 11.3. The molecule has 4 nitrogen and oxygen atoms in total. The standard InChI is InChI=1S/C13H15N3O/c1-7-12-9(6-11(15-7)13(14)17)8-4-2-3-5-10(8)16-12/h2-5,7,11,15-16H,6H2,1H3,(H2,14,17). The molecule has 1 aromatic heterocycles. The van der Waals surface area contributed by atoms with Gasteiger partial charge in [-0.3, -0.25) is 10.1 Å². The van der Waals surface area contributed by atoms with Crippen LogP contribution >= 0.6 is 0 Å². The summed E-state index contributed by atoms with van der Waals surface area (Å²) in [6, 6.07) is 8.02. The summed E-state index contributed by atoms with van der Waals surface area (Å²) in [6.07, 6.45) is 0.666. The summed E-state index contributed by atoms with van der Waals surface area (Å²) in [6.45, 7) is 2.04. The van der Waals surface area contributed by atoms with E-state index in [1.165, 1.54) is 16.6 Å². The number of amides is 1. The Morgan fingerprint density at radius 3 is 2.94 bits per heavy atom. The first-order valence-corrected chi connectivity index (χ1v) is 5.81. The van der Waals surface area contributed by atoms with Crippen molar-refractivity contribution in [2.45, 2.75) is 25.4 Å². The van der Waals surface area contributed by atoms with E-state index in [9.17, 15) is 4.79 Å². The van der Waals surface area contributed by atoms with Crippen LogP contribution in [0.25, 0.3) is 10.9 Å². The number of rotatable bonds is 1. The maximum atomic E-state index is 11.3. The minimum Gasteiger partial charge on any atom is -0.368 e. The van der Waals surface area contributed by atoms with Gasteiger partial charge in [0.1, 0.15) is 0 Å². The predicted molar refractivity (Wildman–Crippen MR) is 66.5 cm³/mol. The predicted octanol–water partition coefficient (Wildman–Crippen LogP) is 1.23. The molecule has 0 bridgehead atoms. The first-order chi connectivity index (χ1) is 8.16. The van der Waals surface area contributed by atoms with Crippen LogP contribution in [0.4, 0.5) is 0 Å². The third-order valence-corrected chi connectivity index (χ3v) is 3.48.